The number of aliphatic imine (C=N–C) groups is 1. The van der Waals surface area contributed by atoms with E-state index in [2.05, 4.69) is 4.99 Å². The number of hydrogen-bond donors (Lipinski definition) is 0. The number of nitro groups is 1. The summed E-state index contributed by atoms with van der Waals surface area (Å²) < 4.78 is 0. The van der Waals surface area contributed by atoms with Crippen molar-refractivity contribution >= 4 is 17.3 Å². The standard InChI is InChI=1S/C20H12N2O3/c23-20-18-16(13-9-11-15(12-10-13)22(24)25)7-4-8-17(18)19(21-20)14-5-2-1-3-6-14/h1-12H. The molecular weight excluding hydrogens is 316 g/mol. The summed E-state index contributed by atoms with van der Waals surface area (Å²) in [5.74, 6) is -0.289. The monoisotopic (exact) mass is 328 g/mol. The van der Waals surface area contributed by atoms with Crippen LogP contribution in [-0.4, -0.2) is 16.5 Å². The van der Waals surface area contributed by atoms with Crippen LogP contribution in [0.4, 0.5) is 5.69 Å². The number of amides is 1. The van der Waals surface area contributed by atoms with Gasteiger partial charge in [0.25, 0.3) is 11.6 Å². The number of nitrogens with zero attached hydrogens (tertiary/aromatic N) is 2. The van der Waals surface area contributed by atoms with Crippen molar-refractivity contribution in [1.29, 1.82) is 0 Å². The highest BCUT2D eigenvalue weighted by molar-refractivity contribution is 6.29. The molecule has 0 radical (unpaired) electrons. The minimum absolute atomic E-state index is 0.0175. The van der Waals surface area contributed by atoms with Crippen LogP contribution >= 0.6 is 0 Å². The molecule has 25 heavy (non-hydrogen) atoms. The first-order chi connectivity index (χ1) is 12.1. The predicted molar refractivity (Wildman–Crippen MR) is 94.9 cm³/mol. The van der Waals surface area contributed by atoms with Gasteiger partial charge in [0, 0.05) is 23.3 Å². The van der Waals surface area contributed by atoms with Gasteiger partial charge >= 0.3 is 0 Å². The maximum atomic E-state index is 12.5. The van der Waals surface area contributed by atoms with Crippen LogP contribution in [0.1, 0.15) is 21.5 Å². The van der Waals surface area contributed by atoms with E-state index in [0.717, 1.165) is 22.3 Å². The van der Waals surface area contributed by atoms with Crippen LogP contribution in [0, 0.1) is 10.1 Å². The minimum atomic E-state index is -0.443. The van der Waals surface area contributed by atoms with Crippen LogP contribution < -0.4 is 0 Å². The zero-order valence-corrected chi connectivity index (χ0v) is 13.0. The van der Waals surface area contributed by atoms with Crippen LogP contribution in [0.15, 0.2) is 77.8 Å². The van der Waals surface area contributed by atoms with E-state index < -0.39 is 4.92 Å². The van der Waals surface area contributed by atoms with Crippen LogP contribution in [0.3, 0.4) is 0 Å². The Morgan fingerprint density at radius 3 is 2.12 bits per heavy atom. The van der Waals surface area contributed by atoms with Gasteiger partial charge in [-0.05, 0) is 23.3 Å². The van der Waals surface area contributed by atoms with Crippen molar-refractivity contribution in [2.75, 3.05) is 0 Å². The fourth-order valence-corrected chi connectivity index (χ4v) is 3.02. The Morgan fingerprint density at radius 1 is 0.760 bits per heavy atom. The largest absolute Gasteiger partial charge is 0.278 e. The molecular formula is C20H12N2O3. The highest BCUT2D eigenvalue weighted by Crippen LogP contribution is 2.33. The summed E-state index contributed by atoms with van der Waals surface area (Å²) in [5, 5.41) is 10.8. The molecule has 0 fully saturated rings. The van der Waals surface area contributed by atoms with E-state index in [1.165, 1.54) is 12.1 Å². The molecule has 0 bridgehead atoms. The average molecular weight is 328 g/mol. The number of non-ortho nitro benzene ring substituents is 1. The Hall–Kier alpha value is -3.60. The molecule has 3 aromatic carbocycles. The van der Waals surface area contributed by atoms with Gasteiger partial charge in [-0.1, -0.05) is 48.5 Å². The fourth-order valence-electron chi connectivity index (χ4n) is 3.02. The van der Waals surface area contributed by atoms with Gasteiger partial charge in [-0.3, -0.25) is 14.9 Å². The molecule has 1 aliphatic rings. The normalized spacial score (nSPS) is 12.6. The van der Waals surface area contributed by atoms with Crippen LogP contribution in [0.25, 0.3) is 11.1 Å². The molecule has 0 saturated carbocycles. The number of hydrogen-bond acceptors (Lipinski definition) is 3. The lowest BCUT2D eigenvalue weighted by Gasteiger charge is -2.08. The molecule has 0 unspecified atom stereocenters. The topological polar surface area (TPSA) is 72.6 Å². The van der Waals surface area contributed by atoms with Gasteiger partial charge in [-0.2, -0.15) is 0 Å². The third-order valence-electron chi connectivity index (χ3n) is 4.18. The maximum Gasteiger partial charge on any atom is 0.278 e. The summed E-state index contributed by atoms with van der Waals surface area (Å²) in [4.78, 5) is 27.1. The molecule has 0 N–H and O–H groups in total. The second kappa shape index (κ2) is 5.79. The fraction of sp³-hybridized carbons (Fsp3) is 0. The summed E-state index contributed by atoms with van der Waals surface area (Å²) in [6.07, 6.45) is 0. The van der Waals surface area contributed by atoms with Gasteiger partial charge in [-0.15, -0.1) is 0 Å². The van der Waals surface area contributed by atoms with Crippen LogP contribution in [0.5, 0.6) is 0 Å². The van der Waals surface area contributed by atoms with Gasteiger partial charge in [0.05, 0.1) is 16.2 Å². The lowest BCUT2D eigenvalue weighted by molar-refractivity contribution is -0.384. The highest BCUT2D eigenvalue weighted by atomic mass is 16.6. The minimum Gasteiger partial charge on any atom is -0.267 e. The number of benzene rings is 3. The Balaban J connectivity index is 1.83. The summed E-state index contributed by atoms with van der Waals surface area (Å²) in [7, 11) is 0. The molecule has 1 heterocycles. The number of fused-ring (bicyclic) bond motifs is 1. The van der Waals surface area contributed by atoms with Crippen molar-refractivity contribution < 1.29 is 9.72 Å². The quantitative estimate of drug-likeness (QED) is 0.533. The van der Waals surface area contributed by atoms with Gasteiger partial charge in [0.2, 0.25) is 0 Å². The zero-order valence-electron chi connectivity index (χ0n) is 13.0. The lowest BCUT2D eigenvalue weighted by atomic mass is 9.93. The average Bonchev–Trinajstić information content (AvgIpc) is 3.00. The van der Waals surface area contributed by atoms with E-state index in [0.29, 0.717) is 11.3 Å². The van der Waals surface area contributed by atoms with Gasteiger partial charge in [0.15, 0.2) is 0 Å². The second-order valence-corrected chi connectivity index (χ2v) is 5.66. The van der Waals surface area contributed by atoms with E-state index in [9.17, 15) is 14.9 Å². The van der Waals surface area contributed by atoms with E-state index >= 15 is 0 Å². The number of rotatable bonds is 3. The predicted octanol–water partition coefficient (Wildman–Crippen LogP) is 4.25. The van der Waals surface area contributed by atoms with Crippen molar-refractivity contribution in [2.24, 2.45) is 4.99 Å². The van der Waals surface area contributed by atoms with Gasteiger partial charge < -0.3 is 0 Å². The molecule has 5 heteroatoms. The molecule has 0 aromatic heterocycles. The number of nitro benzene ring substituents is 1. The first-order valence-corrected chi connectivity index (χ1v) is 7.72. The first-order valence-electron chi connectivity index (χ1n) is 7.72. The zero-order chi connectivity index (χ0) is 17.4. The highest BCUT2D eigenvalue weighted by Gasteiger charge is 2.27. The van der Waals surface area contributed by atoms with Crippen molar-refractivity contribution in [3.63, 3.8) is 0 Å². The summed E-state index contributed by atoms with van der Waals surface area (Å²) in [5.41, 5.74) is 4.36. The van der Waals surface area contributed by atoms with E-state index in [1.54, 1.807) is 12.1 Å². The molecule has 120 valence electrons. The number of carbonyl (C=O) groups is 1. The Kier molecular flexibility index (Phi) is 3.47. The first kappa shape index (κ1) is 15.0. The molecule has 4 rings (SSSR count). The molecule has 3 aromatic rings. The molecule has 5 nitrogen and oxygen atoms in total. The Morgan fingerprint density at radius 2 is 1.44 bits per heavy atom. The lowest BCUT2D eigenvalue weighted by Crippen LogP contribution is -2.01. The summed E-state index contributed by atoms with van der Waals surface area (Å²) in [6, 6.07) is 21.3. The van der Waals surface area contributed by atoms with Crippen molar-refractivity contribution in [3.8, 4) is 11.1 Å². The van der Waals surface area contributed by atoms with Gasteiger partial charge in [0.1, 0.15) is 0 Å². The van der Waals surface area contributed by atoms with E-state index in [-0.39, 0.29) is 11.6 Å². The van der Waals surface area contributed by atoms with E-state index in [4.69, 9.17) is 0 Å². The smallest absolute Gasteiger partial charge is 0.267 e. The van der Waals surface area contributed by atoms with Crippen molar-refractivity contribution in [1.82, 2.24) is 0 Å². The third-order valence-corrected chi connectivity index (χ3v) is 4.18. The summed E-state index contributed by atoms with van der Waals surface area (Å²) in [6.45, 7) is 0. The Bertz CT molecular complexity index is 1020. The summed E-state index contributed by atoms with van der Waals surface area (Å²) >= 11 is 0. The molecule has 1 aliphatic heterocycles. The van der Waals surface area contributed by atoms with Crippen molar-refractivity contribution in [3.05, 3.63) is 99.6 Å². The number of carbonyl (C=O) groups excluding carboxylic acids is 1. The van der Waals surface area contributed by atoms with Gasteiger partial charge in [-0.25, -0.2) is 4.99 Å². The molecule has 0 atom stereocenters. The molecule has 0 saturated heterocycles. The molecule has 0 aliphatic carbocycles. The Labute approximate surface area is 143 Å². The molecule has 1 amide bonds. The van der Waals surface area contributed by atoms with Crippen LogP contribution in [-0.2, 0) is 0 Å². The van der Waals surface area contributed by atoms with Crippen molar-refractivity contribution in [2.45, 2.75) is 0 Å². The SMILES string of the molecule is O=C1N=C(c2ccccc2)c2cccc(-c3ccc([N+](=O)[O-])cc3)c21. The van der Waals surface area contributed by atoms with E-state index in [1.807, 2.05) is 48.5 Å². The molecule has 0 spiro atoms. The maximum absolute atomic E-state index is 12.5. The van der Waals surface area contributed by atoms with Crippen LogP contribution in [0.2, 0.25) is 0 Å². The second-order valence-electron chi connectivity index (χ2n) is 5.66. The third kappa shape index (κ3) is 2.52.